The van der Waals surface area contributed by atoms with Crippen molar-refractivity contribution in [3.05, 3.63) is 117 Å². The number of phenolic OH excluding ortho intramolecular Hbond substituents is 4. The van der Waals surface area contributed by atoms with Crippen molar-refractivity contribution in [3.63, 3.8) is 0 Å². The molecule has 0 radical (unpaired) electrons. The summed E-state index contributed by atoms with van der Waals surface area (Å²) in [5, 5.41) is 44.8. The molecule has 0 aromatic heterocycles. The van der Waals surface area contributed by atoms with Gasteiger partial charge in [0, 0.05) is 22.3 Å². The van der Waals surface area contributed by atoms with Crippen molar-refractivity contribution in [2.45, 2.75) is 88.5 Å². The molecule has 4 rings (SSSR count). The Morgan fingerprint density at radius 3 is 0.683 bits per heavy atom. The summed E-state index contributed by atoms with van der Waals surface area (Å²) in [6.07, 6.45) is 0. The number of phenols is 4. The molecule has 4 aromatic rings. The standard InChI is InChI=1S/C29H28O4.4C2H6/c1-17-5-9-25(30)21(13-17)29(22-14-18(2)6-10-26(22)31,23-15-19(3)7-11-27(23)32)24-16-20(4)8-12-28(24)33;4*1-2/h5-16,30-33H,1-4H3;4*1-2H3. The summed E-state index contributed by atoms with van der Waals surface area (Å²) in [6.45, 7) is 23.7. The van der Waals surface area contributed by atoms with Crippen molar-refractivity contribution in [2.24, 2.45) is 0 Å². The number of benzene rings is 4. The maximum atomic E-state index is 11.2. The first-order chi connectivity index (χ1) is 19.6. The predicted octanol–water partition coefficient (Wildman–Crippen LogP) is 10.2. The zero-order valence-corrected chi connectivity index (χ0v) is 27.2. The third-order valence-electron chi connectivity index (χ3n) is 6.22. The van der Waals surface area contributed by atoms with Crippen molar-refractivity contribution in [1.82, 2.24) is 0 Å². The molecule has 0 aliphatic rings. The summed E-state index contributed by atoms with van der Waals surface area (Å²) in [5.41, 5.74) is 3.94. The molecule has 0 saturated heterocycles. The molecule has 4 heteroatoms. The largest absolute Gasteiger partial charge is 0.508 e. The molecule has 4 N–H and O–H groups in total. The fraction of sp³-hybridized carbons (Fsp3) is 0.351. The van der Waals surface area contributed by atoms with Crippen LogP contribution in [0.4, 0.5) is 0 Å². The molecule has 0 saturated carbocycles. The van der Waals surface area contributed by atoms with E-state index in [9.17, 15) is 20.4 Å². The van der Waals surface area contributed by atoms with Gasteiger partial charge in [0.25, 0.3) is 0 Å². The molecule has 0 unspecified atom stereocenters. The second-order valence-corrected chi connectivity index (χ2v) is 8.83. The van der Waals surface area contributed by atoms with Crippen LogP contribution in [0, 0.1) is 27.7 Å². The Hall–Kier alpha value is -3.92. The molecule has 0 aliphatic heterocycles. The molecular weight excluding hydrogens is 508 g/mol. The first-order valence-electron chi connectivity index (χ1n) is 14.8. The van der Waals surface area contributed by atoms with Gasteiger partial charge in [0.05, 0.1) is 5.41 Å². The Labute approximate surface area is 249 Å². The monoisotopic (exact) mass is 560 g/mol. The quantitative estimate of drug-likeness (QED) is 0.187. The number of hydrogen-bond acceptors (Lipinski definition) is 4. The molecule has 0 heterocycles. The van der Waals surface area contributed by atoms with Crippen molar-refractivity contribution in [1.29, 1.82) is 0 Å². The van der Waals surface area contributed by atoms with Crippen LogP contribution in [0.5, 0.6) is 23.0 Å². The smallest absolute Gasteiger partial charge is 0.120 e. The van der Waals surface area contributed by atoms with E-state index in [1.165, 1.54) is 0 Å². The number of rotatable bonds is 4. The molecule has 41 heavy (non-hydrogen) atoms. The van der Waals surface area contributed by atoms with E-state index >= 15 is 0 Å². The van der Waals surface area contributed by atoms with E-state index in [4.69, 9.17) is 0 Å². The minimum absolute atomic E-state index is 0.0108. The second-order valence-electron chi connectivity index (χ2n) is 8.83. The molecule has 4 aromatic carbocycles. The van der Waals surface area contributed by atoms with Crippen LogP contribution >= 0.6 is 0 Å². The highest BCUT2D eigenvalue weighted by Gasteiger charge is 2.46. The first-order valence-corrected chi connectivity index (χ1v) is 14.8. The Morgan fingerprint density at radius 1 is 0.341 bits per heavy atom. The van der Waals surface area contributed by atoms with E-state index in [2.05, 4.69) is 0 Å². The maximum absolute atomic E-state index is 11.2. The SMILES string of the molecule is CC.CC.CC.CC.Cc1ccc(O)c(C(c2cc(C)ccc2O)(c2cc(C)ccc2O)c2cc(C)ccc2O)c1. The highest BCUT2D eigenvalue weighted by molar-refractivity contribution is 5.71. The van der Waals surface area contributed by atoms with Crippen molar-refractivity contribution >= 4 is 0 Å². The lowest BCUT2D eigenvalue weighted by atomic mass is 9.63. The first kappa shape index (κ1) is 37.1. The Bertz CT molecular complexity index is 1140. The minimum atomic E-state index is -1.40. The minimum Gasteiger partial charge on any atom is -0.508 e. The van der Waals surface area contributed by atoms with E-state index < -0.39 is 5.41 Å². The third kappa shape index (κ3) is 8.07. The van der Waals surface area contributed by atoms with E-state index in [1.54, 1.807) is 48.5 Å². The normalized spacial score (nSPS) is 9.85. The number of aryl methyl sites for hydroxylation is 4. The fourth-order valence-corrected chi connectivity index (χ4v) is 4.67. The van der Waals surface area contributed by atoms with E-state index in [0.29, 0.717) is 22.3 Å². The van der Waals surface area contributed by atoms with Gasteiger partial charge in [-0.05, 0) is 52.0 Å². The van der Waals surface area contributed by atoms with Crippen LogP contribution in [0.1, 0.15) is 99.9 Å². The summed E-state index contributed by atoms with van der Waals surface area (Å²) < 4.78 is 0. The summed E-state index contributed by atoms with van der Waals surface area (Å²) in [7, 11) is 0. The van der Waals surface area contributed by atoms with Crippen molar-refractivity contribution in [3.8, 4) is 23.0 Å². The Morgan fingerprint density at radius 2 is 0.512 bits per heavy atom. The number of hydrogen-bond donors (Lipinski definition) is 4. The van der Waals surface area contributed by atoms with Crippen LogP contribution in [-0.2, 0) is 5.41 Å². The average Bonchev–Trinajstić information content (AvgIpc) is 3.00. The summed E-state index contributed by atoms with van der Waals surface area (Å²) in [6, 6.07) is 20.9. The van der Waals surface area contributed by atoms with Gasteiger partial charge in [-0.3, -0.25) is 0 Å². The van der Waals surface area contributed by atoms with E-state index in [1.807, 2.05) is 107 Å². The molecular formula is C37H52O4. The molecule has 0 spiro atoms. The maximum Gasteiger partial charge on any atom is 0.120 e. The van der Waals surface area contributed by atoms with Gasteiger partial charge in [-0.25, -0.2) is 0 Å². The fourth-order valence-electron chi connectivity index (χ4n) is 4.67. The summed E-state index contributed by atoms with van der Waals surface area (Å²) in [5.74, 6) is -0.0433. The topological polar surface area (TPSA) is 80.9 Å². The lowest BCUT2D eigenvalue weighted by Crippen LogP contribution is -2.32. The van der Waals surface area contributed by atoms with Crippen molar-refractivity contribution in [2.75, 3.05) is 0 Å². The molecule has 0 atom stereocenters. The zero-order chi connectivity index (χ0) is 31.9. The summed E-state index contributed by atoms with van der Waals surface area (Å²) >= 11 is 0. The molecule has 224 valence electrons. The number of aromatic hydroxyl groups is 4. The van der Waals surface area contributed by atoms with Gasteiger partial charge in [0.2, 0.25) is 0 Å². The van der Waals surface area contributed by atoms with Crippen LogP contribution in [0.25, 0.3) is 0 Å². The van der Waals surface area contributed by atoms with Gasteiger partial charge in [-0.2, -0.15) is 0 Å². The van der Waals surface area contributed by atoms with Crippen LogP contribution in [0.15, 0.2) is 72.8 Å². The van der Waals surface area contributed by atoms with Gasteiger partial charge in [0.1, 0.15) is 23.0 Å². The zero-order valence-electron chi connectivity index (χ0n) is 27.2. The highest BCUT2D eigenvalue weighted by Crippen LogP contribution is 2.55. The van der Waals surface area contributed by atoms with Crippen LogP contribution in [0.2, 0.25) is 0 Å². The van der Waals surface area contributed by atoms with Gasteiger partial charge in [-0.15, -0.1) is 0 Å². The Kier molecular flexibility index (Phi) is 16.0. The van der Waals surface area contributed by atoms with Gasteiger partial charge in [-0.1, -0.05) is 126 Å². The predicted molar refractivity (Wildman–Crippen MR) is 176 cm³/mol. The van der Waals surface area contributed by atoms with Crippen molar-refractivity contribution < 1.29 is 20.4 Å². The molecule has 0 amide bonds. The summed E-state index contributed by atoms with van der Waals surface area (Å²) in [4.78, 5) is 0. The van der Waals surface area contributed by atoms with Gasteiger partial charge in [0.15, 0.2) is 0 Å². The molecule has 0 bridgehead atoms. The lowest BCUT2D eigenvalue weighted by Gasteiger charge is -2.38. The van der Waals surface area contributed by atoms with Crippen LogP contribution in [-0.4, -0.2) is 20.4 Å². The van der Waals surface area contributed by atoms with E-state index in [-0.39, 0.29) is 23.0 Å². The van der Waals surface area contributed by atoms with Crippen LogP contribution in [0.3, 0.4) is 0 Å². The van der Waals surface area contributed by atoms with Gasteiger partial charge < -0.3 is 20.4 Å². The van der Waals surface area contributed by atoms with Crippen LogP contribution < -0.4 is 0 Å². The molecule has 0 fully saturated rings. The highest BCUT2D eigenvalue weighted by atomic mass is 16.3. The van der Waals surface area contributed by atoms with Gasteiger partial charge >= 0.3 is 0 Å². The average molecular weight is 561 g/mol. The van der Waals surface area contributed by atoms with E-state index in [0.717, 1.165) is 22.3 Å². The molecule has 4 nitrogen and oxygen atoms in total. The molecule has 0 aliphatic carbocycles. The Balaban J connectivity index is 0.00000184. The third-order valence-corrected chi connectivity index (χ3v) is 6.22. The lowest BCUT2D eigenvalue weighted by molar-refractivity contribution is 0.424. The second kappa shape index (κ2) is 17.7.